The molecule has 80 heavy (non-hydrogen) atoms. The maximum Gasteiger partial charge on any atom is 0.296 e. The van der Waals surface area contributed by atoms with Gasteiger partial charge in [0.25, 0.3) is 50.6 Å². The van der Waals surface area contributed by atoms with E-state index in [1.54, 1.807) is 0 Å². The molecule has 0 bridgehead atoms. The van der Waals surface area contributed by atoms with Crippen LogP contribution < -0.4 is 20.6 Å². The van der Waals surface area contributed by atoms with Gasteiger partial charge in [-0.3, -0.25) is 27.7 Å². The van der Waals surface area contributed by atoms with E-state index < -0.39 is 151 Å². The number of anilines is 3. The van der Waals surface area contributed by atoms with Crippen molar-refractivity contribution < 1.29 is 90.0 Å². The van der Waals surface area contributed by atoms with Gasteiger partial charge in [-0.2, -0.15) is 52.1 Å². The molecule has 0 amide bonds. The molecule has 7 aromatic rings. The summed E-state index contributed by atoms with van der Waals surface area (Å²) in [6.07, 6.45) is 0. The summed E-state index contributed by atoms with van der Waals surface area (Å²) in [6.45, 7) is -1.49. The summed E-state index contributed by atoms with van der Waals surface area (Å²) in [5.74, 6) is -2.77. The van der Waals surface area contributed by atoms with Gasteiger partial charge in [-0.25, -0.2) is 4.99 Å². The van der Waals surface area contributed by atoms with Crippen LogP contribution in [0.1, 0.15) is 0 Å². The van der Waals surface area contributed by atoms with E-state index >= 15 is 0 Å². The van der Waals surface area contributed by atoms with Crippen LogP contribution in [0.15, 0.2) is 135 Å². The van der Waals surface area contributed by atoms with Gasteiger partial charge in [0.2, 0.25) is 17.5 Å². The number of hydrogen-bond donors (Lipinski definition) is 11. The molecule has 0 saturated heterocycles. The average Bonchev–Trinajstić information content (AvgIpc) is 3.31. The van der Waals surface area contributed by atoms with Crippen molar-refractivity contribution in [2.75, 3.05) is 43.6 Å². The second-order valence-corrected chi connectivity index (χ2v) is 22.2. The van der Waals surface area contributed by atoms with Crippen molar-refractivity contribution in [3.63, 3.8) is 0 Å². The summed E-state index contributed by atoms with van der Waals surface area (Å²) in [5.41, 5.74) is -4.27. The molecule has 30 nitrogen and oxygen atoms in total. The first-order valence-corrected chi connectivity index (χ1v) is 27.6. The number of methoxy groups -OCH3 is 1. The number of rotatable bonds is 18. The quantitative estimate of drug-likeness (QED) is 0.0334. The minimum Gasteiger partial charge on any atom is -0.505 e. The topological polar surface area (TPSA) is 481 Å². The third-order valence-electron chi connectivity index (χ3n) is 10.3. The van der Waals surface area contributed by atoms with Crippen LogP contribution in [-0.2, 0) is 50.6 Å². The van der Waals surface area contributed by atoms with Gasteiger partial charge in [-0.1, -0.05) is 12.1 Å². The zero-order valence-corrected chi connectivity index (χ0v) is 56.6. The summed E-state index contributed by atoms with van der Waals surface area (Å²) < 4.78 is 179. The second-order valence-electron chi connectivity index (χ2n) is 15.2. The van der Waals surface area contributed by atoms with Gasteiger partial charge >= 0.3 is 0 Å². The number of aliphatic hydroxyl groups is 2. The molecule has 0 fully saturated rings. The largest absolute Gasteiger partial charge is 0.505 e. The van der Waals surface area contributed by atoms with Gasteiger partial charge in [-0.15, -0.1) is 20.5 Å². The molecule has 11 N–H and O–H groups in total. The Bertz CT molecular complexity index is 4220. The predicted octanol–water partition coefficient (Wildman–Crippen LogP) is 2.46. The fourth-order valence-electron chi connectivity index (χ4n) is 7.02. The summed E-state index contributed by atoms with van der Waals surface area (Å²) >= 11 is 0. The van der Waals surface area contributed by atoms with Crippen LogP contribution in [0, 0.1) is 0 Å². The molecule has 0 atom stereocenters. The first-order valence-electron chi connectivity index (χ1n) is 20.4. The Hall–Kier alpha value is -2.68. The molecule has 0 saturated carbocycles. The summed E-state index contributed by atoms with van der Waals surface area (Å²) in [6, 6.07) is 14.1. The molecule has 6 aromatic carbocycles. The van der Waals surface area contributed by atoms with Crippen LogP contribution in [0.5, 0.6) is 17.2 Å². The number of phenolic OH excluding ortho intramolecular Hbond substituents is 2. The van der Waals surface area contributed by atoms with Crippen molar-refractivity contribution in [1.29, 1.82) is 0 Å². The molecule has 7 rings (SSSR count). The van der Waals surface area contributed by atoms with Crippen molar-refractivity contribution in [3.8, 4) is 17.2 Å². The van der Waals surface area contributed by atoms with Crippen LogP contribution in [0.3, 0.4) is 0 Å². The Labute approximate surface area is 564 Å². The Kier molecular flexibility index (Phi) is 27.0. The zero-order valence-electron chi connectivity index (χ0n) is 42.5. The number of aromatic amines is 1. The molecular weight excluding hydrogens is 1220 g/mol. The molecular formula is C40H36N10Na5O20S5. The number of H-pyrrole nitrogens is 1. The van der Waals surface area contributed by atoms with Crippen LogP contribution in [0.2, 0.25) is 0 Å². The van der Waals surface area contributed by atoms with E-state index in [4.69, 9.17) is 4.74 Å². The van der Waals surface area contributed by atoms with Gasteiger partial charge in [-0.05, 0) is 77.5 Å². The van der Waals surface area contributed by atoms with Crippen molar-refractivity contribution in [1.82, 2.24) is 15.0 Å². The van der Waals surface area contributed by atoms with Crippen LogP contribution in [-0.4, -0.2) is 281 Å². The van der Waals surface area contributed by atoms with Crippen molar-refractivity contribution in [2.24, 2.45) is 25.4 Å². The molecule has 0 spiro atoms. The number of aromatic nitrogens is 3. The van der Waals surface area contributed by atoms with Crippen molar-refractivity contribution >= 4 is 266 Å². The standard InChI is InChI=1S/C40H36N10O20S5.5Na/c1-70-23-7-9-27(30(18-23)73(61,62)63)47-48-34-31(74(64,65)66)16-20-14-22(6-8-25(20)36(34)53)41-38-43-39(45-40(44-38)50(10-12-51)11-13-52)42-28-19-24(71(55,56)57)15-21-17-32(75(67,68)69)35(37(54)33(21)28)49-46-26-4-2-3-5-29(26)72(58,59)60;;;;;/h2-9,14-19,51-54H,10-13H2,1H3,(H,55,56,57)(H,58,59,60)(H,61,62,63)(H,64,65,66)(H,67,68,69)(H2,41,42,43,44,45);;;;;. The van der Waals surface area contributed by atoms with E-state index in [9.17, 15) is 85.3 Å². The number of hydrogen-bond acceptors (Lipinski definition) is 24. The van der Waals surface area contributed by atoms with E-state index in [-0.39, 0.29) is 189 Å². The summed E-state index contributed by atoms with van der Waals surface area (Å²) in [4.78, 5) is 12.0. The number of aliphatic hydroxyl groups excluding tert-OH is 2. The molecule has 0 aliphatic carbocycles. The number of phenols is 2. The SMILES string of the molecule is COc1ccc(N=Nc2c(S(=O)(=O)O)cc3cc(Nc4nc(N(CCO)CCO)[nH]c(=Nc5cc(S(=O)(=O)O)cc6cc(S(=O)(=O)O)c(N=Nc7ccccc7S(=O)(=O)O)c(O)c56)n4)ccc3c2O)c(S(=O)(=O)O)c1.[Na].[Na].[Na].[Na].[Na]. The number of nitrogens with zero attached hydrogens (tertiary/aromatic N) is 8. The minimum absolute atomic E-state index is 0. The molecule has 1 heterocycles. The van der Waals surface area contributed by atoms with E-state index in [1.165, 1.54) is 48.4 Å². The van der Waals surface area contributed by atoms with Gasteiger partial charge in [0.1, 0.15) is 48.1 Å². The monoisotopic (exact) mass is 1250 g/mol. The van der Waals surface area contributed by atoms with Gasteiger partial charge in [0, 0.05) is 178 Å². The fraction of sp³-hybridized carbons (Fsp3) is 0.125. The number of azo groups is 2. The Morgan fingerprint density at radius 1 is 0.562 bits per heavy atom. The van der Waals surface area contributed by atoms with Crippen molar-refractivity contribution in [2.45, 2.75) is 24.5 Å². The number of ether oxygens (including phenoxy) is 1. The van der Waals surface area contributed by atoms with E-state index in [0.717, 1.165) is 30.3 Å². The third kappa shape index (κ3) is 17.5. The predicted molar refractivity (Wildman–Crippen MR) is 288 cm³/mol. The maximum absolute atomic E-state index is 12.7. The molecule has 1 aromatic heterocycles. The number of benzene rings is 6. The zero-order chi connectivity index (χ0) is 55.0. The first kappa shape index (κ1) is 73.4. The first-order chi connectivity index (χ1) is 35.0. The summed E-state index contributed by atoms with van der Waals surface area (Å²) in [5, 5.41) is 58.9. The van der Waals surface area contributed by atoms with Gasteiger partial charge in [0.15, 0.2) is 11.5 Å². The number of nitrogens with one attached hydrogen (secondary N) is 2. The fourth-order valence-corrected chi connectivity index (χ4v) is 10.1. The molecule has 0 unspecified atom stereocenters. The molecule has 40 heteroatoms. The maximum atomic E-state index is 12.7. The number of fused-ring (bicyclic) bond motifs is 2. The summed E-state index contributed by atoms with van der Waals surface area (Å²) in [7, 11) is -24.6. The normalized spacial score (nSPS) is 12.3. The molecule has 401 valence electrons. The van der Waals surface area contributed by atoms with Crippen molar-refractivity contribution in [3.05, 3.63) is 90.5 Å². The second kappa shape index (κ2) is 29.4. The smallest absolute Gasteiger partial charge is 0.296 e. The Morgan fingerprint density at radius 3 is 1.64 bits per heavy atom. The Balaban J connectivity index is 0.00000437. The van der Waals surface area contributed by atoms with Gasteiger partial charge < -0.3 is 35.4 Å². The van der Waals surface area contributed by atoms with E-state index in [0.29, 0.717) is 18.2 Å². The van der Waals surface area contributed by atoms with Crippen LogP contribution in [0.25, 0.3) is 21.5 Å². The average molecular weight is 1250 g/mol. The van der Waals surface area contributed by atoms with Crippen LogP contribution >= 0.6 is 0 Å². The molecule has 5 radical (unpaired) electrons. The third-order valence-corrected chi connectivity index (χ3v) is 14.6. The van der Waals surface area contributed by atoms with E-state index in [1.807, 2.05) is 0 Å². The minimum atomic E-state index is -5.42. The Morgan fingerprint density at radius 2 is 1.10 bits per heavy atom. The van der Waals surface area contributed by atoms with Gasteiger partial charge in [0.05, 0.1) is 36.3 Å². The number of aromatic hydroxyl groups is 2. The van der Waals surface area contributed by atoms with E-state index in [2.05, 4.69) is 45.7 Å². The molecule has 0 aliphatic rings. The molecule has 0 aliphatic heterocycles. The van der Waals surface area contributed by atoms with Crippen LogP contribution in [0.4, 0.5) is 46.0 Å².